The number of ether oxygens (including phenoxy) is 3. The second-order valence-electron chi connectivity index (χ2n) is 7.92. The zero-order chi connectivity index (χ0) is 25.5. The third kappa shape index (κ3) is 5.99. The van der Waals surface area contributed by atoms with Crippen LogP contribution in [-0.2, 0) is 29.7 Å². The lowest BCUT2D eigenvalue weighted by atomic mass is 10.2. The van der Waals surface area contributed by atoms with Crippen molar-refractivity contribution < 1.29 is 22.6 Å². The Bertz CT molecular complexity index is 1320. The zero-order valence-electron chi connectivity index (χ0n) is 20.2. The molecule has 0 N–H and O–H groups in total. The van der Waals surface area contributed by atoms with E-state index in [0.717, 1.165) is 22.4 Å². The summed E-state index contributed by atoms with van der Waals surface area (Å²) < 4.78 is 44.2. The summed E-state index contributed by atoms with van der Waals surface area (Å²) in [5.74, 6) is 2.10. The lowest BCUT2D eigenvalue weighted by Gasteiger charge is -2.21. The van der Waals surface area contributed by atoms with Crippen LogP contribution in [0.3, 0.4) is 0 Å². The monoisotopic (exact) mass is 509 g/mol. The van der Waals surface area contributed by atoms with Gasteiger partial charge in [0.1, 0.15) is 17.2 Å². The summed E-state index contributed by atoms with van der Waals surface area (Å²) in [5.41, 5.74) is 2.46. The van der Waals surface area contributed by atoms with Gasteiger partial charge in [-0.1, -0.05) is 41.5 Å². The first-order chi connectivity index (χ1) is 17.4. The molecule has 1 aromatic heterocycles. The molecule has 0 spiro atoms. The summed E-state index contributed by atoms with van der Waals surface area (Å²) in [6, 6.07) is 21.8. The molecule has 0 atom stereocenters. The van der Waals surface area contributed by atoms with E-state index in [-0.39, 0.29) is 24.8 Å². The third-order valence-corrected chi connectivity index (χ3v) is 7.09. The molecule has 0 aliphatic carbocycles. The van der Waals surface area contributed by atoms with Gasteiger partial charge in [-0.3, -0.25) is 0 Å². The van der Waals surface area contributed by atoms with E-state index in [4.69, 9.17) is 14.2 Å². The van der Waals surface area contributed by atoms with Gasteiger partial charge in [-0.05, 0) is 58.3 Å². The molecule has 4 aromatic rings. The topological polar surface area (TPSA) is 109 Å². The minimum atomic E-state index is -4.07. The van der Waals surface area contributed by atoms with Gasteiger partial charge in [-0.15, -0.1) is 5.10 Å². The molecule has 4 rings (SSSR count). The number of hydrogen-bond acceptors (Lipinski definition) is 8. The van der Waals surface area contributed by atoms with E-state index < -0.39 is 10.0 Å². The Morgan fingerprint density at radius 1 is 0.694 bits per heavy atom. The molecular weight excluding hydrogens is 482 g/mol. The minimum Gasteiger partial charge on any atom is -0.497 e. The van der Waals surface area contributed by atoms with Gasteiger partial charge in [0.15, 0.2) is 0 Å². The standard InChI is InChI=1S/C25H27N5O5S/c1-33-22-10-4-19(5-11-22)16-29(17-20-6-12-23(34-2)13-7-20)36(31,32)25-26-28-30(27-25)18-21-8-14-24(35-3)15-9-21/h4-15H,16-18H2,1-3H3. The molecule has 3 aromatic carbocycles. The number of nitrogens with zero attached hydrogens (tertiary/aromatic N) is 5. The quantitative estimate of drug-likeness (QED) is 0.303. The van der Waals surface area contributed by atoms with Gasteiger partial charge >= 0.3 is 5.16 Å². The Morgan fingerprint density at radius 3 is 1.53 bits per heavy atom. The first kappa shape index (κ1) is 25.1. The Hall–Kier alpha value is -3.96. The second kappa shape index (κ2) is 11.2. The fourth-order valence-electron chi connectivity index (χ4n) is 3.50. The predicted octanol–water partition coefficient (Wildman–Crippen LogP) is 3.14. The first-order valence-electron chi connectivity index (χ1n) is 11.1. The number of methoxy groups -OCH3 is 3. The molecule has 188 valence electrons. The number of rotatable bonds is 11. The smallest absolute Gasteiger partial charge is 0.303 e. The van der Waals surface area contributed by atoms with E-state index in [1.165, 1.54) is 9.10 Å². The molecule has 0 unspecified atom stereocenters. The molecule has 0 aliphatic rings. The van der Waals surface area contributed by atoms with Crippen LogP contribution in [0, 0.1) is 0 Å². The van der Waals surface area contributed by atoms with Crippen molar-refractivity contribution in [3.8, 4) is 17.2 Å². The fraction of sp³-hybridized carbons (Fsp3) is 0.240. The molecule has 10 nitrogen and oxygen atoms in total. The van der Waals surface area contributed by atoms with Gasteiger partial charge in [-0.2, -0.15) is 9.10 Å². The second-order valence-corrected chi connectivity index (χ2v) is 9.75. The van der Waals surface area contributed by atoms with E-state index >= 15 is 0 Å². The van der Waals surface area contributed by atoms with Crippen LogP contribution >= 0.6 is 0 Å². The van der Waals surface area contributed by atoms with Gasteiger partial charge in [0.2, 0.25) is 0 Å². The molecule has 0 saturated carbocycles. The lowest BCUT2D eigenvalue weighted by molar-refractivity contribution is 0.393. The highest BCUT2D eigenvalue weighted by Gasteiger charge is 2.30. The molecule has 11 heteroatoms. The molecule has 0 saturated heterocycles. The number of tetrazole rings is 1. The first-order valence-corrected chi connectivity index (χ1v) is 12.5. The zero-order valence-corrected chi connectivity index (χ0v) is 21.1. The molecule has 0 radical (unpaired) electrons. The SMILES string of the molecule is COc1ccc(CN(Cc2ccc(OC)cc2)S(=O)(=O)c2nnn(Cc3ccc(OC)cc3)n2)cc1. The number of aromatic nitrogens is 4. The average molecular weight is 510 g/mol. The highest BCUT2D eigenvalue weighted by atomic mass is 32.2. The van der Waals surface area contributed by atoms with E-state index in [0.29, 0.717) is 11.5 Å². The molecule has 1 heterocycles. The maximum absolute atomic E-state index is 13.6. The van der Waals surface area contributed by atoms with Crippen LogP contribution in [0.1, 0.15) is 16.7 Å². The maximum atomic E-state index is 13.6. The molecule has 0 bridgehead atoms. The van der Waals surface area contributed by atoms with Crippen molar-refractivity contribution in [2.45, 2.75) is 24.8 Å². The number of benzene rings is 3. The fourth-order valence-corrected chi connectivity index (χ4v) is 4.71. The van der Waals surface area contributed by atoms with Crippen molar-refractivity contribution in [1.29, 1.82) is 0 Å². The van der Waals surface area contributed by atoms with Gasteiger partial charge < -0.3 is 14.2 Å². The van der Waals surface area contributed by atoms with E-state index in [2.05, 4.69) is 15.4 Å². The Labute approximate surface area is 210 Å². The predicted molar refractivity (Wildman–Crippen MR) is 132 cm³/mol. The van der Waals surface area contributed by atoms with Gasteiger partial charge in [0.05, 0.1) is 27.9 Å². The highest BCUT2D eigenvalue weighted by Crippen LogP contribution is 2.22. The normalized spacial score (nSPS) is 11.4. The summed E-state index contributed by atoms with van der Waals surface area (Å²) >= 11 is 0. The summed E-state index contributed by atoms with van der Waals surface area (Å²) in [7, 11) is 0.686. The minimum absolute atomic E-state index is 0.116. The van der Waals surface area contributed by atoms with Crippen LogP contribution in [-0.4, -0.2) is 54.3 Å². The van der Waals surface area contributed by atoms with Crippen molar-refractivity contribution in [2.75, 3.05) is 21.3 Å². The summed E-state index contributed by atoms with van der Waals surface area (Å²) in [6.45, 7) is 0.500. The lowest BCUT2D eigenvalue weighted by Crippen LogP contribution is -2.31. The van der Waals surface area contributed by atoms with E-state index in [1.54, 1.807) is 45.6 Å². The van der Waals surface area contributed by atoms with Crippen LogP contribution in [0.4, 0.5) is 0 Å². The van der Waals surface area contributed by atoms with Crippen molar-refractivity contribution >= 4 is 10.0 Å². The Kier molecular flexibility index (Phi) is 7.81. The van der Waals surface area contributed by atoms with Crippen molar-refractivity contribution in [3.05, 3.63) is 89.5 Å². The number of hydrogen-bond donors (Lipinski definition) is 0. The van der Waals surface area contributed by atoms with Crippen molar-refractivity contribution in [3.63, 3.8) is 0 Å². The highest BCUT2D eigenvalue weighted by molar-refractivity contribution is 7.88. The van der Waals surface area contributed by atoms with Crippen LogP contribution in [0.25, 0.3) is 0 Å². The van der Waals surface area contributed by atoms with Crippen molar-refractivity contribution in [1.82, 2.24) is 24.5 Å². The summed E-state index contributed by atoms with van der Waals surface area (Å²) in [5, 5.41) is 11.6. The van der Waals surface area contributed by atoms with Crippen LogP contribution in [0.15, 0.2) is 78.0 Å². The molecular formula is C25H27N5O5S. The summed E-state index contributed by atoms with van der Waals surface area (Å²) in [6.07, 6.45) is 0. The van der Waals surface area contributed by atoms with E-state index in [1.807, 2.05) is 48.5 Å². The summed E-state index contributed by atoms with van der Waals surface area (Å²) in [4.78, 5) is 1.26. The van der Waals surface area contributed by atoms with E-state index in [9.17, 15) is 8.42 Å². The van der Waals surface area contributed by atoms with Gasteiger partial charge in [0, 0.05) is 13.1 Å². The maximum Gasteiger partial charge on any atom is 0.303 e. The molecule has 0 fully saturated rings. The van der Waals surface area contributed by atoms with Crippen LogP contribution < -0.4 is 14.2 Å². The molecule has 0 amide bonds. The van der Waals surface area contributed by atoms with Gasteiger partial charge in [0.25, 0.3) is 10.0 Å². The Morgan fingerprint density at radius 2 is 1.11 bits per heavy atom. The van der Waals surface area contributed by atoms with Crippen LogP contribution in [0.5, 0.6) is 17.2 Å². The molecule has 36 heavy (non-hydrogen) atoms. The third-order valence-electron chi connectivity index (χ3n) is 5.52. The van der Waals surface area contributed by atoms with Crippen molar-refractivity contribution in [2.24, 2.45) is 0 Å². The largest absolute Gasteiger partial charge is 0.497 e. The van der Waals surface area contributed by atoms with Crippen LogP contribution in [0.2, 0.25) is 0 Å². The Balaban J connectivity index is 1.59. The average Bonchev–Trinajstić information content (AvgIpc) is 3.39. The number of sulfonamides is 1. The molecule has 0 aliphatic heterocycles. The van der Waals surface area contributed by atoms with Gasteiger partial charge in [-0.25, -0.2) is 8.42 Å².